The zero-order chi connectivity index (χ0) is 11.6. The quantitative estimate of drug-likeness (QED) is 0.610. The lowest BCUT2D eigenvalue weighted by molar-refractivity contribution is 0.225. The van der Waals surface area contributed by atoms with Crippen LogP contribution in [0.2, 0.25) is 0 Å². The van der Waals surface area contributed by atoms with Gasteiger partial charge in [-0.15, -0.1) is 11.8 Å². The van der Waals surface area contributed by atoms with Gasteiger partial charge in [-0.3, -0.25) is 0 Å². The second-order valence-corrected chi connectivity index (χ2v) is 4.89. The zero-order valence-corrected chi connectivity index (χ0v) is 11.0. The van der Waals surface area contributed by atoms with Gasteiger partial charge in [0.15, 0.2) is 11.6 Å². The predicted octanol–water partition coefficient (Wildman–Crippen LogP) is 4.24. The summed E-state index contributed by atoms with van der Waals surface area (Å²) < 4.78 is 32.5. The lowest BCUT2D eigenvalue weighted by atomic mass is 10.3. The molecule has 0 bridgehead atoms. The first-order valence-electron chi connectivity index (χ1n) is 4.35. The van der Waals surface area contributed by atoms with Crippen LogP contribution in [0.1, 0.15) is 13.8 Å². The van der Waals surface area contributed by atoms with Gasteiger partial charge in [-0.2, -0.15) is 4.39 Å². The van der Waals surface area contributed by atoms with Crippen molar-refractivity contribution >= 4 is 27.7 Å². The highest BCUT2D eigenvalue weighted by Crippen LogP contribution is 2.35. The maximum absolute atomic E-state index is 13.5. The third-order valence-corrected chi connectivity index (χ3v) is 2.98. The van der Waals surface area contributed by atoms with Crippen molar-refractivity contribution in [3.8, 4) is 5.75 Å². The van der Waals surface area contributed by atoms with Crippen LogP contribution in [0.3, 0.4) is 0 Å². The van der Waals surface area contributed by atoms with Crippen molar-refractivity contribution in [3.05, 3.63) is 22.2 Å². The monoisotopic (exact) mass is 296 g/mol. The minimum Gasteiger partial charge on any atom is -0.487 e. The van der Waals surface area contributed by atoms with Gasteiger partial charge in [-0.1, -0.05) is 0 Å². The molecule has 0 aliphatic heterocycles. The van der Waals surface area contributed by atoms with Crippen LogP contribution < -0.4 is 4.74 Å². The van der Waals surface area contributed by atoms with Crippen molar-refractivity contribution in [3.63, 3.8) is 0 Å². The molecule has 1 aromatic rings. The fourth-order valence-corrected chi connectivity index (χ4v) is 2.20. The van der Waals surface area contributed by atoms with Gasteiger partial charge in [0.2, 0.25) is 5.82 Å². The molecule has 0 atom stereocenters. The predicted molar refractivity (Wildman–Crippen MR) is 61.6 cm³/mol. The van der Waals surface area contributed by atoms with E-state index in [0.717, 1.165) is 11.8 Å². The summed E-state index contributed by atoms with van der Waals surface area (Å²) in [5, 5.41) is 0. The maximum atomic E-state index is 13.5. The number of thioether (sulfide) groups is 1. The molecule has 0 saturated carbocycles. The third kappa shape index (κ3) is 2.84. The van der Waals surface area contributed by atoms with E-state index in [9.17, 15) is 8.78 Å². The molecule has 0 N–H and O–H groups in total. The standard InChI is InChI=1S/C10H11BrF2OS/c1-5(2)14-10-6(11)4-7(15-3)8(12)9(10)13/h4-5H,1-3H3. The van der Waals surface area contributed by atoms with Crippen molar-refractivity contribution in [2.75, 3.05) is 6.26 Å². The molecule has 0 saturated heterocycles. The molecule has 0 fully saturated rings. The van der Waals surface area contributed by atoms with Gasteiger partial charge in [0.05, 0.1) is 10.6 Å². The topological polar surface area (TPSA) is 9.23 Å². The highest BCUT2D eigenvalue weighted by molar-refractivity contribution is 9.10. The van der Waals surface area contributed by atoms with Gasteiger partial charge in [-0.05, 0) is 42.1 Å². The van der Waals surface area contributed by atoms with Crippen LogP contribution in [0.25, 0.3) is 0 Å². The average Bonchev–Trinajstić information content (AvgIpc) is 2.18. The summed E-state index contributed by atoms with van der Waals surface area (Å²) in [5.74, 6) is -1.87. The molecule has 0 amide bonds. The summed E-state index contributed by atoms with van der Waals surface area (Å²) in [6.07, 6.45) is 1.49. The molecule has 1 aromatic carbocycles. The first-order valence-corrected chi connectivity index (χ1v) is 6.37. The number of benzene rings is 1. The average molecular weight is 297 g/mol. The highest BCUT2D eigenvalue weighted by atomic mass is 79.9. The van der Waals surface area contributed by atoms with Gasteiger partial charge >= 0.3 is 0 Å². The SMILES string of the molecule is CSc1cc(Br)c(OC(C)C)c(F)c1F. The summed E-state index contributed by atoms with van der Waals surface area (Å²) in [5.41, 5.74) is 0. The molecule has 0 heterocycles. The molecule has 0 radical (unpaired) electrons. The Bertz CT molecular complexity index is 369. The molecule has 0 spiro atoms. The summed E-state index contributed by atoms with van der Waals surface area (Å²) in [4.78, 5) is 0.260. The Morgan fingerprint density at radius 2 is 1.93 bits per heavy atom. The van der Waals surface area contributed by atoms with Crippen molar-refractivity contribution in [2.45, 2.75) is 24.8 Å². The Labute approximate surface area is 100 Å². The zero-order valence-electron chi connectivity index (χ0n) is 8.61. The van der Waals surface area contributed by atoms with E-state index >= 15 is 0 Å². The van der Waals surface area contributed by atoms with Crippen LogP contribution >= 0.6 is 27.7 Å². The molecule has 0 aliphatic carbocycles. The molecule has 15 heavy (non-hydrogen) atoms. The van der Waals surface area contributed by atoms with E-state index in [2.05, 4.69) is 15.9 Å². The van der Waals surface area contributed by atoms with Crippen LogP contribution in [0.4, 0.5) is 8.78 Å². The van der Waals surface area contributed by atoms with Gasteiger partial charge < -0.3 is 4.74 Å². The molecule has 5 heteroatoms. The Kier molecular flexibility index (Phi) is 4.40. The van der Waals surface area contributed by atoms with Gasteiger partial charge in [0.1, 0.15) is 0 Å². The Morgan fingerprint density at radius 3 is 2.40 bits per heavy atom. The highest BCUT2D eigenvalue weighted by Gasteiger charge is 2.18. The molecular formula is C10H11BrF2OS. The summed E-state index contributed by atoms with van der Waals surface area (Å²) in [6, 6.07) is 1.51. The Morgan fingerprint density at radius 1 is 1.33 bits per heavy atom. The van der Waals surface area contributed by atoms with Gasteiger partial charge in [0.25, 0.3) is 0 Å². The number of hydrogen-bond acceptors (Lipinski definition) is 2. The second kappa shape index (κ2) is 5.16. The fraction of sp³-hybridized carbons (Fsp3) is 0.400. The largest absolute Gasteiger partial charge is 0.487 e. The first-order chi connectivity index (χ1) is 6.97. The normalized spacial score (nSPS) is 10.9. The minimum atomic E-state index is -0.942. The molecule has 0 aromatic heterocycles. The Balaban J connectivity index is 3.23. The van der Waals surface area contributed by atoms with E-state index < -0.39 is 11.6 Å². The molecule has 0 aliphatic rings. The van der Waals surface area contributed by atoms with Crippen molar-refractivity contribution in [2.24, 2.45) is 0 Å². The molecule has 84 valence electrons. The van der Waals surface area contributed by atoms with Crippen LogP contribution in [0.15, 0.2) is 15.4 Å². The van der Waals surface area contributed by atoms with Crippen LogP contribution in [0.5, 0.6) is 5.75 Å². The van der Waals surface area contributed by atoms with Crippen LogP contribution in [-0.2, 0) is 0 Å². The summed E-state index contributed by atoms with van der Waals surface area (Å²) >= 11 is 4.31. The van der Waals surface area contributed by atoms with Crippen molar-refractivity contribution in [1.29, 1.82) is 0 Å². The fourth-order valence-electron chi connectivity index (χ4n) is 1.05. The Hall–Kier alpha value is -0.290. The number of halogens is 3. The minimum absolute atomic E-state index is 0.0692. The van der Waals surface area contributed by atoms with Gasteiger partial charge in [0, 0.05) is 4.90 Å². The lowest BCUT2D eigenvalue weighted by Crippen LogP contribution is -2.08. The van der Waals surface area contributed by atoms with Crippen LogP contribution in [0, 0.1) is 11.6 Å². The molecule has 1 nitrogen and oxygen atoms in total. The molecule has 0 unspecified atom stereocenters. The van der Waals surface area contributed by atoms with Crippen molar-refractivity contribution in [1.82, 2.24) is 0 Å². The summed E-state index contributed by atoms with van der Waals surface area (Å²) in [7, 11) is 0. The van der Waals surface area contributed by atoms with E-state index in [-0.39, 0.29) is 16.7 Å². The summed E-state index contributed by atoms with van der Waals surface area (Å²) in [6.45, 7) is 3.51. The number of rotatable bonds is 3. The number of ether oxygens (including phenoxy) is 1. The maximum Gasteiger partial charge on any atom is 0.202 e. The van der Waals surface area contributed by atoms with Crippen LogP contribution in [-0.4, -0.2) is 12.4 Å². The lowest BCUT2D eigenvalue weighted by Gasteiger charge is -2.14. The number of hydrogen-bond donors (Lipinski definition) is 0. The van der Waals surface area contributed by atoms with E-state index in [1.54, 1.807) is 20.1 Å². The molecule has 1 rings (SSSR count). The van der Waals surface area contributed by atoms with E-state index in [1.165, 1.54) is 6.07 Å². The van der Waals surface area contributed by atoms with E-state index in [1.807, 2.05) is 0 Å². The van der Waals surface area contributed by atoms with E-state index in [4.69, 9.17) is 4.74 Å². The second-order valence-electron chi connectivity index (χ2n) is 3.18. The van der Waals surface area contributed by atoms with Crippen molar-refractivity contribution < 1.29 is 13.5 Å². The first kappa shape index (κ1) is 12.8. The third-order valence-electron chi connectivity index (χ3n) is 1.66. The smallest absolute Gasteiger partial charge is 0.202 e. The van der Waals surface area contributed by atoms with Gasteiger partial charge in [-0.25, -0.2) is 4.39 Å². The van der Waals surface area contributed by atoms with E-state index in [0.29, 0.717) is 4.47 Å². The molecular weight excluding hydrogens is 286 g/mol.